The molecule has 4 rings (SSSR count). The number of rotatable bonds is 5. The number of nitrogens with zero attached hydrogens (tertiary/aromatic N) is 2. The van der Waals surface area contributed by atoms with Crippen molar-refractivity contribution in [2.75, 3.05) is 0 Å². The lowest BCUT2D eigenvalue weighted by atomic mass is 10.2. The smallest absolute Gasteiger partial charge is 0.253 e. The van der Waals surface area contributed by atoms with Crippen molar-refractivity contribution in [2.45, 2.75) is 23.3 Å². The van der Waals surface area contributed by atoms with Gasteiger partial charge < -0.3 is 9.72 Å². The first kappa shape index (κ1) is 19.8. The second-order valence-electron chi connectivity index (χ2n) is 6.85. The minimum atomic E-state index is -3.83. The summed E-state index contributed by atoms with van der Waals surface area (Å²) >= 11 is 0. The number of hydrogen-bond acceptors (Lipinski definition) is 4. The van der Waals surface area contributed by atoms with Crippen molar-refractivity contribution in [3.8, 4) is 0 Å². The molecule has 6 nitrogen and oxygen atoms in total. The lowest BCUT2D eigenvalue weighted by Crippen LogP contribution is -2.23. The van der Waals surface area contributed by atoms with Crippen LogP contribution >= 0.6 is 0 Å². The molecule has 0 aliphatic rings. The second-order valence-corrected chi connectivity index (χ2v) is 8.77. The average molecular weight is 423 g/mol. The largest absolute Gasteiger partial charge is 0.348 e. The predicted molar refractivity (Wildman–Crippen MR) is 109 cm³/mol. The van der Waals surface area contributed by atoms with E-state index < -0.39 is 15.7 Å². The van der Waals surface area contributed by atoms with Crippen LogP contribution in [0.15, 0.2) is 83.0 Å². The van der Waals surface area contributed by atoms with E-state index >= 15 is 0 Å². The third-order valence-electron chi connectivity index (χ3n) is 4.78. The number of benzene rings is 2. The number of imidazole rings is 1. The number of hydrogen-bond donors (Lipinski definition) is 1. The number of carbonyl (C=O) groups excluding carboxylic acids is 1. The molecule has 1 amide bonds. The summed E-state index contributed by atoms with van der Waals surface area (Å²) < 4.78 is 40.9. The van der Waals surface area contributed by atoms with Gasteiger partial charge in [0, 0.05) is 25.1 Å². The van der Waals surface area contributed by atoms with Crippen LogP contribution in [0, 0.1) is 12.7 Å². The summed E-state index contributed by atoms with van der Waals surface area (Å²) in [6, 6.07) is 13.3. The van der Waals surface area contributed by atoms with Gasteiger partial charge in [-0.15, -0.1) is 0 Å². The van der Waals surface area contributed by atoms with E-state index in [9.17, 15) is 17.6 Å². The van der Waals surface area contributed by atoms with Gasteiger partial charge in [0.15, 0.2) is 0 Å². The highest BCUT2D eigenvalue weighted by molar-refractivity contribution is 7.91. The average Bonchev–Trinajstić information content (AvgIpc) is 3.22. The molecule has 0 saturated carbocycles. The van der Waals surface area contributed by atoms with Crippen molar-refractivity contribution in [1.82, 2.24) is 14.7 Å². The minimum Gasteiger partial charge on any atom is -0.348 e. The topological polar surface area (TPSA) is 80.5 Å². The fourth-order valence-corrected chi connectivity index (χ4v) is 4.62. The quantitative estimate of drug-likeness (QED) is 0.532. The maximum Gasteiger partial charge on any atom is 0.253 e. The highest BCUT2D eigenvalue weighted by atomic mass is 32.2. The maximum atomic E-state index is 13.5. The second kappa shape index (κ2) is 7.72. The monoisotopic (exact) mass is 423 g/mol. The van der Waals surface area contributed by atoms with Gasteiger partial charge in [0.2, 0.25) is 9.84 Å². The lowest BCUT2D eigenvalue weighted by molar-refractivity contribution is 0.0950. The molecule has 1 N–H and O–H groups in total. The normalized spacial score (nSPS) is 11.5. The van der Waals surface area contributed by atoms with E-state index in [1.165, 1.54) is 24.3 Å². The Kier molecular flexibility index (Phi) is 5.09. The first-order valence-corrected chi connectivity index (χ1v) is 10.6. The van der Waals surface area contributed by atoms with Crippen LogP contribution in [0.4, 0.5) is 4.39 Å². The molecule has 0 bridgehead atoms. The summed E-state index contributed by atoms with van der Waals surface area (Å²) in [5, 5.41) is 2.81. The van der Waals surface area contributed by atoms with Gasteiger partial charge in [0.25, 0.3) is 5.91 Å². The standard InChI is InChI=1S/C22H18FN3O3S/c1-15-2-6-18(23)12-20(15)30(28,29)19-7-3-16(4-8-19)13-25-22(27)17-5-9-21-24-10-11-26(21)14-17/h2-12,14H,13H2,1H3,(H,25,27). The van der Waals surface area contributed by atoms with Gasteiger partial charge in [-0.3, -0.25) is 4.79 Å². The Hall–Kier alpha value is -3.52. The lowest BCUT2D eigenvalue weighted by Gasteiger charge is -2.10. The fourth-order valence-electron chi connectivity index (χ4n) is 3.12. The number of pyridine rings is 1. The van der Waals surface area contributed by atoms with E-state index in [0.717, 1.165) is 17.3 Å². The van der Waals surface area contributed by atoms with E-state index in [4.69, 9.17) is 0 Å². The molecule has 152 valence electrons. The Morgan fingerprint density at radius 1 is 1.10 bits per heavy atom. The number of amides is 1. The summed E-state index contributed by atoms with van der Waals surface area (Å²) in [5.74, 6) is -0.856. The highest BCUT2D eigenvalue weighted by Crippen LogP contribution is 2.25. The van der Waals surface area contributed by atoms with E-state index in [2.05, 4.69) is 10.3 Å². The van der Waals surface area contributed by atoms with Crippen LogP contribution < -0.4 is 5.32 Å². The van der Waals surface area contributed by atoms with E-state index in [1.54, 1.807) is 54.2 Å². The van der Waals surface area contributed by atoms with Gasteiger partial charge in [-0.1, -0.05) is 18.2 Å². The summed E-state index contributed by atoms with van der Waals surface area (Å²) in [4.78, 5) is 16.5. The number of aromatic nitrogens is 2. The Bertz CT molecular complexity index is 1350. The zero-order valence-corrected chi connectivity index (χ0v) is 16.9. The molecule has 0 spiro atoms. The molecule has 2 heterocycles. The molecule has 8 heteroatoms. The van der Waals surface area contributed by atoms with Crippen molar-refractivity contribution in [3.63, 3.8) is 0 Å². The molecule has 0 radical (unpaired) electrons. The molecule has 0 atom stereocenters. The fraction of sp³-hybridized carbons (Fsp3) is 0.0909. The number of nitrogens with one attached hydrogen (secondary N) is 1. The molecule has 0 aliphatic carbocycles. The van der Waals surface area contributed by atoms with Crippen molar-refractivity contribution < 1.29 is 17.6 Å². The van der Waals surface area contributed by atoms with Gasteiger partial charge in [-0.2, -0.15) is 0 Å². The number of fused-ring (bicyclic) bond motifs is 1. The van der Waals surface area contributed by atoms with Crippen molar-refractivity contribution in [2.24, 2.45) is 0 Å². The first-order valence-electron chi connectivity index (χ1n) is 9.16. The Morgan fingerprint density at radius 3 is 2.63 bits per heavy atom. The maximum absolute atomic E-state index is 13.5. The zero-order chi connectivity index (χ0) is 21.3. The Labute approximate surface area is 172 Å². The Balaban J connectivity index is 1.48. The third kappa shape index (κ3) is 3.81. The molecular formula is C22H18FN3O3S. The summed E-state index contributed by atoms with van der Waals surface area (Å²) in [5.41, 5.74) is 2.45. The van der Waals surface area contributed by atoms with Crippen molar-refractivity contribution >= 4 is 21.4 Å². The van der Waals surface area contributed by atoms with Crippen molar-refractivity contribution in [1.29, 1.82) is 0 Å². The van der Waals surface area contributed by atoms with E-state index in [-0.39, 0.29) is 22.2 Å². The molecule has 0 saturated heterocycles. The summed E-state index contributed by atoms with van der Waals surface area (Å²) in [6.45, 7) is 1.86. The molecule has 4 aromatic rings. The van der Waals surface area contributed by atoms with Crippen LogP contribution in [-0.2, 0) is 16.4 Å². The van der Waals surface area contributed by atoms with Crippen LogP contribution in [0.5, 0.6) is 0 Å². The number of carbonyl (C=O) groups is 1. The predicted octanol–water partition coefficient (Wildman–Crippen LogP) is 3.54. The molecule has 0 aliphatic heterocycles. The summed E-state index contributed by atoms with van der Waals surface area (Å²) in [6.07, 6.45) is 5.10. The molecular weight excluding hydrogens is 405 g/mol. The molecule has 2 aromatic carbocycles. The number of sulfone groups is 1. The highest BCUT2D eigenvalue weighted by Gasteiger charge is 2.20. The van der Waals surface area contributed by atoms with Crippen LogP contribution in [-0.4, -0.2) is 23.7 Å². The molecule has 0 fully saturated rings. The molecule has 2 aromatic heterocycles. The number of halogens is 1. The van der Waals surface area contributed by atoms with Gasteiger partial charge >= 0.3 is 0 Å². The van der Waals surface area contributed by atoms with E-state index in [0.29, 0.717) is 11.1 Å². The van der Waals surface area contributed by atoms with Crippen molar-refractivity contribution in [3.05, 3.63) is 95.7 Å². The zero-order valence-electron chi connectivity index (χ0n) is 16.0. The van der Waals surface area contributed by atoms with Gasteiger partial charge in [-0.05, 0) is 54.4 Å². The third-order valence-corrected chi connectivity index (χ3v) is 6.69. The molecule has 30 heavy (non-hydrogen) atoms. The first-order chi connectivity index (χ1) is 14.3. The molecule has 0 unspecified atom stereocenters. The number of aryl methyl sites for hydroxylation is 1. The summed E-state index contributed by atoms with van der Waals surface area (Å²) in [7, 11) is -3.83. The van der Waals surface area contributed by atoms with Gasteiger partial charge in [-0.25, -0.2) is 17.8 Å². The Morgan fingerprint density at radius 2 is 1.87 bits per heavy atom. The van der Waals surface area contributed by atoms with Crippen LogP contribution in [0.1, 0.15) is 21.5 Å². The van der Waals surface area contributed by atoms with Crippen LogP contribution in [0.3, 0.4) is 0 Å². The van der Waals surface area contributed by atoms with Crippen LogP contribution in [0.2, 0.25) is 0 Å². The SMILES string of the molecule is Cc1ccc(F)cc1S(=O)(=O)c1ccc(CNC(=O)c2ccc3nccn3c2)cc1. The van der Waals surface area contributed by atoms with Gasteiger partial charge in [0.1, 0.15) is 11.5 Å². The van der Waals surface area contributed by atoms with Crippen LogP contribution in [0.25, 0.3) is 5.65 Å². The van der Waals surface area contributed by atoms with E-state index in [1.807, 2.05) is 0 Å². The minimum absolute atomic E-state index is 0.0570. The van der Waals surface area contributed by atoms with Gasteiger partial charge in [0.05, 0.1) is 15.4 Å².